The van der Waals surface area contributed by atoms with E-state index < -0.39 is 9.84 Å². The van der Waals surface area contributed by atoms with Crippen molar-refractivity contribution in [1.82, 2.24) is 4.98 Å². The number of sulfone groups is 1. The minimum atomic E-state index is -3.87. The third-order valence-corrected chi connectivity index (χ3v) is 8.51. The Kier molecular flexibility index (Phi) is 7.33. The molecule has 0 bridgehead atoms. The Morgan fingerprint density at radius 3 is 2.27 bits per heavy atom. The van der Waals surface area contributed by atoms with Gasteiger partial charge in [0.15, 0.2) is 0 Å². The molecule has 0 amide bonds. The lowest BCUT2D eigenvalue weighted by Gasteiger charge is -2.32. The Balaban J connectivity index is 1.45. The zero-order chi connectivity index (χ0) is 25.8. The molecule has 0 N–H and O–H groups in total. The van der Waals surface area contributed by atoms with Gasteiger partial charge in [-0.3, -0.25) is 0 Å². The number of anilines is 1. The van der Waals surface area contributed by atoms with Crippen LogP contribution >= 0.6 is 0 Å². The van der Waals surface area contributed by atoms with E-state index >= 15 is 0 Å². The van der Waals surface area contributed by atoms with Gasteiger partial charge in [0.25, 0.3) is 0 Å². The Hall–Kier alpha value is -3.58. The molecule has 0 aliphatic carbocycles. The fraction of sp³-hybridized carbons (Fsp3) is 0.300. The molecule has 5 rings (SSSR count). The van der Waals surface area contributed by atoms with Crippen LogP contribution in [0.5, 0.6) is 5.75 Å². The van der Waals surface area contributed by atoms with Crippen LogP contribution in [0, 0.1) is 12.8 Å². The van der Waals surface area contributed by atoms with Gasteiger partial charge in [0.1, 0.15) is 5.75 Å². The molecule has 0 radical (unpaired) electrons. The number of rotatable bonds is 8. The van der Waals surface area contributed by atoms with Crippen molar-refractivity contribution in [2.75, 3.05) is 24.6 Å². The summed E-state index contributed by atoms with van der Waals surface area (Å²) in [6, 6.07) is 24.7. The minimum absolute atomic E-state index is 0.0262. The van der Waals surface area contributed by atoms with E-state index in [9.17, 15) is 8.42 Å². The van der Waals surface area contributed by atoms with E-state index in [1.165, 1.54) is 5.56 Å². The lowest BCUT2D eigenvalue weighted by molar-refractivity contribution is 0.340. The number of aryl methyl sites for hydroxylation is 1. The second-order valence-electron chi connectivity index (χ2n) is 9.52. The largest absolute Gasteiger partial charge is 0.494 e. The first kappa shape index (κ1) is 25.1. The van der Waals surface area contributed by atoms with Gasteiger partial charge in [0.05, 0.1) is 11.5 Å². The second-order valence-corrected chi connectivity index (χ2v) is 11.4. The lowest BCUT2D eigenvalue weighted by atomic mass is 9.90. The van der Waals surface area contributed by atoms with E-state index in [1.807, 2.05) is 49.1 Å². The number of benzene rings is 3. The molecule has 1 aromatic heterocycles. The third-order valence-electron chi connectivity index (χ3n) is 6.85. The van der Waals surface area contributed by atoms with Gasteiger partial charge >= 0.3 is 0 Å². The van der Waals surface area contributed by atoms with E-state index in [2.05, 4.69) is 29.2 Å². The number of piperidine rings is 1. The average Bonchev–Trinajstić information content (AvgIpc) is 3.37. The van der Waals surface area contributed by atoms with Crippen molar-refractivity contribution in [3.63, 3.8) is 0 Å². The Bertz CT molecular complexity index is 1420. The molecule has 192 valence electrons. The molecular weight excluding hydrogens is 484 g/mol. The van der Waals surface area contributed by atoms with Crippen molar-refractivity contribution >= 4 is 15.7 Å². The second kappa shape index (κ2) is 10.8. The van der Waals surface area contributed by atoms with Crippen LogP contribution in [0.15, 0.2) is 93.2 Å². The van der Waals surface area contributed by atoms with Gasteiger partial charge in [0, 0.05) is 18.7 Å². The number of hydrogen-bond acceptors (Lipinski definition) is 6. The van der Waals surface area contributed by atoms with Crippen LogP contribution in [-0.4, -0.2) is 33.1 Å². The molecule has 1 fully saturated rings. The first-order chi connectivity index (χ1) is 17.9. The first-order valence-electron chi connectivity index (χ1n) is 12.8. The molecule has 3 aromatic carbocycles. The maximum atomic E-state index is 13.7. The molecule has 0 saturated carbocycles. The van der Waals surface area contributed by atoms with Gasteiger partial charge in [0.2, 0.25) is 26.6 Å². The van der Waals surface area contributed by atoms with E-state index in [0.29, 0.717) is 37.1 Å². The van der Waals surface area contributed by atoms with Gasteiger partial charge in [-0.05, 0) is 81.0 Å². The smallest absolute Gasteiger partial charge is 0.236 e. The van der Waals surface area contributed by atoms with Crippen molar-refractivity contribution in [1.29, 1.82) is 0 Å². The van der Waals surface area contributed by atoms with E-state index in [0.717, 1.165) is 30.6 Å². The molecule has 7 heteroatoms. The van der Waals surface area contributed by atoms with Crippen LogP contribution in [-0.2, 0) is 16.3 Å². The molecule has 1 aliphatic rings. The monoisotopic (exact) mass is 516 g/mol. The zero-order valence-corrected chi connectivity index (χ0v) is 22.1. The molecule has 0 atom stereocenters. The zero-order valence-electron chi connectivity index (χ0n) is 21.3. The summed E-state index contributed by atoms with van der Waals surface area (Å²) >= 11 is 0. The molecular formula is C30H32N2O4S. The molecule has 4 aromatic rings. The van der Waals surface area contributed by atoms with Crippen LogP contribution in [0.25, 0.3) is 11.5 Å². The lowest BCUT2D eigenvalue weighted by Crippen LogP contribution is -2.34. The summed E-state index contributed by atoms with van der Waals surface area (Å²) in [5, 5.41) is -0.0262. The fourth-order valence-electron chi connectivity index (χ4n) is 4.77. The topological polar surface area (TPSA) is 72.6 Å². The van der Waals surface area contributed by atoms with Crippen LogP contribution in [0.4, 0.5) is 5.88 Å². The summed E-state index contributed by atoms with van der Waals surface area (Å²) in [6.45, 7) is 5.86. The van der Waals surface area contributed by atoms with Crippen LogP contribution in [0.1, 0.15) is 30.9 Å². The highest BCUT2D eigenvalue weighted by atomic mass is 32.2. The summed E-state index contributed by atoms with van der Waals surface area (Å²) in [5.41, 5.74) is 3.03. The Morgan fingerprint density at radius 2 is 1.62 bits per heavy atom. The van der Waals surface area contributed by atoms with Gasteiger partial charge in [-0.15, -0.1) is 0 Å². The number of nitrogens with zero attached hydrogens (tertiary/aromatic N) is 2. The number of oxazole rings is 1. The molecule has 37 heavy (non-hydrogen) atoms. The SMILES string of the molecule is CCOc1ccc(-c2nc(S(=O)(=O)c3ccc(C)cc3)c(N3CCC(Cc4ccccc4)CC3)o2)cc1. The van der Waals surface area contributed by atoms with E-state index in [4.69, 9.17) is 9.15 Å². The summed E-state index contributed by atoms with van der Waals surface area (Å²) in [4.78, 5) is 6.80. The van der Waals surface area contributed by atoms with E-state index in [-0.39, 0.29) is 15.8 Å². The van der Waals surface area contributed by atoms with Crippen LogP contribution in [0.3, 0.4) is 0 Å². The third kappa shape index (κ3) is 5.57. The highest BCUT2D eigenvalue weighted by Gasteiger charge is 2.33. The molecule has 1 saturated heterocycles. The Morgan fingerprint density at radius 1 is 0.946 bits per heavy atom. The van der Waals surface area contributed by atoms with Crippen molar-refractivity contribution in [3.05, 3.63) is 90.0 Å². The molecule has 0 unspecified atom stereocenters. The maximum absolute atomic E-state index is 13.7. The van der Waals surface area contributed by atoms with Gasteiger partial charge in [-0.25, -0.2) is 8.42 Å². The fourth-order valence-corrected chi connectivity index (χ4v) is 6.09. The van der Waals surface area contributed by atoms with E-state index in [1.54, 1.807) is 24.3 Å². The summed E-state index contributed by atoms with van der Waals surface area (Å²) < 4.78 is 39.2. The predicted octanol–water partition coefficient (Wildman–Crippen LogP) is 6.34. The van der Waals surface area contributed by atoms with Crippen LogP contribution in [0.2, 0.25) is 0 Å². The molecule has 2 heterocycles. The number of hydrogen-bond donors (Lipinski definition) is 0. The van der Waals surface area contributed by atoms with Crippen molar-refractivity contribution in [2.45, 2.75) is 43.0 Å². The molecule has 1 aliphatic heterocycles. The molecule has 0 spiro atoms. The van der Waals surface area contributed by atoms with Gasteiger partial charge < -0.3 is 14.1 Å². The number of ether oxygens (including phenoxy) is 1. The highest BCUT2D eigenvalue weighted by molar-refractivity contribution is 7.91. The predicted molar refractivity (Wildman–Crippen MR) is 145 cm³/mol. The maximum Gasteiger partial charge on any atom is 0.236 e. The average molecular weight is 517 g/mol. The summed E-state index contributed by atoms with van der Waals surface area (Å²) in [5.74, 6) is 1.90. The Labute approximate surface area is 218 Å². The number of aromatic nitrogens is 1. The van der Waals surface area contributed by atoms with Gasteiger partial charge in [-0.2, -0.15) is 4.98 Å². The first-order valence-corrected chi connectivity index (χ1v) is 14.3. The van der Waals surface area contributed by atoms with Crippen molar-refractivity contribution in [3.8, 4) is 17.2 Å². The normalized spacial score (nSPS) is 14.6. The molecule has 6 nitrogen and oxygen atoms in total. The minimum Gasteiger partial charge on any atom is -0.494 e. The summed E-state index contributed by atoms with van der Waals surface area (Å²) in [6.07, 6.45) is 2.94. The summed E-state index contributed by atoms with van der Waals surface area (Å²) in [7, 11) is -3.87. The quantitative estimate of drug-likeness (QED) is 0.272. The van der Waals surface area contributed by atoms with Gasteiger partial charge in [-0.1, -0.05) is 48.0 Å². The standard InChI is InChI=1S/C30H32N2O4S/c1-3-35-26-13-11-25(12-14-26)28-31-29(37(33,34)27-15-9-22(2)10-16-27)30(36-28)32-19-17-24(18-20-32)21-23-7-5-4-6-8-23/h4-16,24H,3,17-21H2,1-2H3. The van der Waals surface area contributed by atoms with Crippen LogP contribution < -0.4 is 9.64 Å². The van der Waals surface area contributed by atoms with Crippen molar-refractivity contribution < 1.29 is 17.6 Å². The van der Waals surface area contributed by atoms with Crippen molar-refractivity contribution in [2.24, 2.45) is 5.92 Å². The highest BCUT2D eigenvalue weighted by Crippen LogP contribution is 2.37.